The number of ether oxygens (including phenoxy) is 1. The highest BCUT2D eigenvalue weighted by Crippen LogP contribution is 2.35. The molecule has 1 aromatic rings. The molecule has 3 N–H and O–H groups in total. The molecule has 7 heteroatoms. The van der Waals surface area contributed by atoms with Crippen molar-refractivity contribution in [3.63, 3.8) is 0 Å². The Labute approximate surface area is 100 Å². The molecular weight excluding hydrogens is 220 g/mol. The first-order chi connectivity index (χ1) is 8.15. The van der Waals surface area contributed by atoms with Crippen molar-refractivity contribution in [2.45, 2.75) is 25.8 Å². The van der Waals surface area contributed by atoms with Gasteiger partial charge in [0.1, 0.15) is 0 Å². The summed E-state index contributed by atoms with van der Waals surface area (Å²) >= 11 is 0. The summed E-state index contributed by atoms with van der Waals surface area (Å²) in [6.07, 6.45) is 2.55. The van der Waals surface area contributed by atoms with E-state index in [1.165, 1.54) is 20.0 Å². The first-order valence-electron chi connectivity index (χ1n) is 5.65. The molecule has 1 heterocycles. The predicted molar refractivity (Wildman–Crippen MR) is 64.8 cm³/mol. The lowest BCUT2D eigenvalue weighted by Crippen LogP contribution is -2.32. The van der Waals surface area contributed by atoms with Gasteiger partial charge >= 0.3 is 6.01 Å². The molecule has 17 heavy (non-hydrogen) atoms. The van der Waals surface area contributed by atoms with Crippen molar-refractivity contribution < 1.29 is 4.74 Å². The van der Waals surface area contributed by atoms with Gasteiger partial charge in [-0.15, -0.1) is 0 Å². The summed E-state index contributed by atoms with van der Waals surface area (Å²) in [6.45, 7) is 2.17. The average molecular weight is 238 g/mol. The van der Waals surface area contributed by atoms with E-state index in [0.29, 0.717) is 17.9 Å². The molecule has 1 atom stereocenters. The van der Waals surface area contributed by atoms with Crippen LogP contribution in [-0.2, 0) is 0 Å². The molecule has 94 valence electrons. The van der Waals surface area contributed by atoms with Crippen LogP contribution in [0.15, 0.2) is 0 Å². The van der Waals surface area contributed by atoms with E-state index in [1.807, 2.05) is 11.9 Å². The number of nitrogens with two attached hydrogens (primary N) is 1. The summed E-state index contributed by atoms with van der Waals surface area (Å²) in [6, 6.07) is 0.672. The Bertz CT molecular complexity index is 372. The molecule has 7 nitrogen and oxygen atoms in total. The number of nitrogens with zero attached hydrogens (tertiary/aromatic N) is 4. The zero-order valence-electron chi connectivity index (χ0n) is 10.3. The maximum Gasteiger partial charge on any atom is 0.322 e. The van der Waals surface area contributed by atoms with Crippen molar-refractivity contribution in [2.24, 2.45) is 11.8 Å². The topological polar surface area (TPSA) is 89.2 Å². The normalized spacial score (nSPS) is 16.5. The lowest BCUT2D eigenvalue weighted by molar-refractivity contribution is 0.378. The van der Waals surface area contributed by atoms with E-state index in [9.17, 15) is 0 Å². The van der Waals surface area contributed by atoms with Crippen LogP contribution in [0.2, 0.25) is 0 Å². The minimum Gasteiger partial charge on any atom is -0.467 e. The minimum absolute atomic E-state index is 0.262. The molecule has 1 aliphatic carbocycles. The van der Waals surface area contributed by atoms with E-state index in [4.69, 9.17) is 10.6 Å². The van der Waals surface area contributed by atoms with Crippen LogP contribution in [0.4, 0.5) is 11.9 Å². The fraction of sp³-hybridized carbons (Fsp3) is 0.700. The highest BCUT2D eigenvalue weighted by Gasteiger charge is 2.31. The smallest absolute Gasteiger partial charge is 0.322 e. The Morgan fingerprint density at radius 1 is 1.41 bits per heavy atom. The highest BCUT2D eigenvalue weighted by atomic mass is 16.5. The first kappa shape index (κ1) is 11.8. The maximum absolute atomic E-state index is 5.31. The Hall–Kier alpha value is -1.63. The lowest BCUT2D eigenvalue weighted by atomic mass is 10.2. The molecule has 0 amide bonds. The second-order valence-electron chi connectivity index (χ2n) is 4.28. The summed E-state index contributed by atoms with van der Waals surface area (Å²) in [4.78, 5) is 14.4. The number of nitrogens with one attached hydrogen (secondary N) is 1. The van der Waals surface area contributed by atoms with E-state index in [-0.39, 0.29) is 6.01 Å². The summed E-state index contributed by atoms with van der Waals surface area (Å²) in [5, 5.41) is 0. The van der Waals surface area contributed by atoms with E-state index >= 15 is 0 Å². The lowest BCUT2D eigenvalue weighted by Gasteiger charge is -2.24. The van der Waals surface area contributed by atoms with Crippen LogP contribution in [0.5, 0.6) is 6.01 Å². The van der Waals surface area contributed by atoms with Gasteiger partial charge < -0.3 is 9.64 Å². The second-order valence-corrected chi connectivity index (χ2v) is 4.28. The van der Waals surface area contributed by atoms with Crippen LogP contribution < -0.4 is 20.9 Å². The van der Waals surface area contributed by atoms with Crippen molar-refractivity contribution in [3.8, 4) is 6.01 Å². The molecule has 2 rings (SSSR count). The molecule has 1 fully saturated rings. The molecule has 0 spiro atoms. The quantitative estimate of drug-likeness (QED) is 0.567. The zero-order chi connectivity index (χ0) is 12.4. The molecule has 1 saturated carbocycles. The second kappa shape index (κ2) is 4.70. The third kappa shape index (κ3) is 2.55. The van der Waals surface area contributed by atoms with E-state index in [0.717, 1.165) is 5.92 Å². The summed E-state index contributed by atoms with van der Waals surface area (Å²) in [5.74, 6) is 6.93. The van der Waals surface area contributed by atoms with Gasteiger partial charge in [-0.05, 0) is 25.7 Å². The van der Waals surface area contributed by atoms with Crippen molar-refractivity contribution in [3.05, 3.63) is 0 Å². The zero-order valence-corrected chi connectivity index (χ0v) is 10.3. The molecule has 0 aliphatic heterocycles. The molecule has 0 aromatic carbocycles. The molecule has 1 unspecified atom stereocenters. The van der Waals surface area contributed by atoms with Gasteiger partial charge in [0, 0.05) is 13.1 Å². The Morgan fingerprint density at radius 2 is 2.12 bits per heavy atom. The molecule has 1 aromatic heterocycles. The minimum atomic E-state index is 0.262. The first-order valence-corrected chi connectivity index (χ1v) is 5.65. The Kier molecular flexibility index (Phi) is 3.28. The monoisotopic (exact) mass is 238 g/mol. The number of nitrogen functional groups attached to an aromatic ring is 1. The summed E-state index contributed by atoms with van der Waals surface area (Å²) in [5.41, 5.74) is 2.41. The van der Waals surface area contributed by atoms with E-state index in [1.54, 1.807) is 0 Å². The van der Waals surface area contributed by atoms with Crippen LogP contribution >= 0.6 is 0 Å². The predicted octanol–water partition coefficient (Wildman–Crippen LogP) is 0.400. The van der Waals surface area contributed by atoms with Crippen molar-refractivity contribution >= 4 is 11.9 Å². The van der Waals surface area contributed by atoms with Gasteiger partial charge in [-0.2, -0.15) is 15.0 Å². The molecule has 0 bridgehead atoms. The van der Waals surface area contributed by atoms with Crippen molar-refractivity contribution in [1.29, 1.82) is 0 Å². The number of hydrogen-bond donors (Lipinski definition) is 2. The summed E-state index contributed by atoms with van der Waals surface area (Å²) in [7, 11) is 3.49. The van der Waals surface area contributed by atoms with Crippen LogP contribution in [0.3, 0.4) is 0 Å². The molecule has 1 aliphatic rings. The number of anilines is 2. The fourth-order valence-electron chi connectivity index (χ4n) is 1.74. The van der Waals surface area contributed by atoms with Gasteiger partial charge in [0.25, 0.3) is 0 Å². The van der Waals surface area contributed by atoms with E-state index < -0.39 is 0 Å². The highest BCUT2D eigenvalue weighted by molar-refractivity contribution is 5.38. The number of methoxy groups -OCH3 is 1. The third-order valence-corrected chi connectivity index (χ3v) is 3.15. The molecular formula is C10H18N6O. The Morgan fingerprint density at radius 3 is 2.65 bits per heavy atom. The number of aromatic nitrogens is 3. The fourth-order valence-corrected chi connectivity index (χ4v) is 1.74. The van der Waals surface area contributed by atoms with Crippen molar-refractivity contribution in [2.75, 3.05) is 24.5 Å². The molecule has 0 saturated heterocycles. The van der Waals surface area contributed by atoms with Crippen molar-refractivity contribution in [1.82, 2.24) is 15.0 Å². The van der Waals surface area contributed by atoms with Gasteiger partial charge in [-0.1, -0.05) is 0 Å². The van der Waals surface area contributed by atoms with Crippen LogP contribution in [0, 0.1) is 5.92 Å². The van der Waals surface area contributed by atoms with Gasteiger partial charge in [0.2, 0.25) is 11.9 Å². The largest absolute Gasteiger partial charge is 0.467 e. The van der Waals surface area contributed by atoms with Gasteiger partial charge in [-0.25, -0.2) is 5.84 Å². The summed E-state index contributed by atoms with van der Waals surface area (Å²) < 4.78 is 5.02. The average Bonchev–Trinajstić information content (AvgIpc) is 3.20. The van der Waals surface area contributed by atoms with Crippen LogP contribution in [0.1, 0.15) is 19.8 Å². The number of hydrogen-bond acceptors (Lipinski definition) is 7. The number of rotatable bonds is 5. The van der Waals surface area contributed by atoms with Gasteiger partial charge in [-0.3, -0.25) is 5.43 Å². The van der Waals surface area contributed by atoms with Crippen LogP contribution in [-0.4, -0.2) is 35.2 Å². The molecule has 0 radical (unpaired) electrons. The van der Waals surface area contributed by atoms with Gasteiger partial charge in [0.05, 0.1) is 7.11 Å². The van der Waals surface area contributed by atoms with E-state index in [2.05, 4.69) is 27.3 Å². The third-order valence-electron chi connectivity index (χ3n) is 3.15. The standard InChI is InChI=1S/C10H18N6O/c1-6(7-4-5-7)16(2)9-12-8(15-11)13-10(14-9)17-3/h6-7H,4-5,11H2,1-3H3,(H,12,13,14,15). The van der Waals surface area contributed by atoms with Crippen LogP contribution in [0.25, 0.3) is 0 Å². The maximum atomic E-state index is 5.31. The van der Waals surface area contributed by atoms with Gasteiger partial charge in [0.15, 0.2) is 0 Å². The number of hydrazine groups is 1. The Balaban J connectivity index is 2.23. The SMILES string of the molecule is COc1nc(NN)nc(N(C)C(C)C2CC2)n1.